The summed E-state index contributed by atoms with van der Waals surface area (Å²) >= 11 is 0. The van der Waals surface area contributed by atoms with Crippen LogP contribution in [0.4, 0.5) is 0 Å². The van der Waals surface area contributed by atoms with Crippen molar-refractivity contribution in [1.29, 1.82) is 0 Å². The van der Waals surface area contributed by atoms with Crippen molar-refractivity contribution in [2.24, 2.45) is 0 Å². The van der Waals surface area contributed by atoms with Crippen LogP contribution in [0.25, 0.3) is 5.76 Å². The third kappa shape index (κ3) is 2.33. The van der Waals surface area contributed by atoms with Crippen molar-refractivity contribution in [2.45, 2.75) is 12.8 Å². The Kier molecular flexibility index (Phi) is 3.57. The van der Waals surface area contributed by atoms with Gasteiger partial charge in [-0.2, -0.15) is 0 Å². The molecule has 0 saturated carbocycles. The first-order chi connectivity index (χ1) is 15.1. The van der Waals surface area contributed by atoms with Gasteiger partial charge in [0.25, 0.3) is 0 Å². The highest BCUT2D eigenvalue weighted by molar-refractivity contribution is 6.30. The Bertz CT molecular complexity index is 1400. The molecule has 3 aromatic rings. The molecule has 1 aliphatic heterocycles. The van der Waals surface area contributed by atoms with Gasteiger partial charge in [0.1, 0.15) is 5.76 Å². The van der Waals surface area contributed by atoms with Crippen molar-refractivity contribution < 1.29 is 19.1 Å². The average Bonchev–Trinajstić information content (AvgIpc) is 3.09. The molecule has 0 spiro atoms. The molecule has 0 N–H and O–H groups in total. The van der Waals surface area contributed by atoms with Crippen molar-refractivity contribution >= 4 is 23.1 Å². The average molecular weight is 404 g/mol. The highest BCUT2D eigenvalue weighted by Crippen LogP contribution is 2.51. The lowest BCUT2D eigenvalue weighted by atomic mass is 9.74. The first-order valence-electron chi connectivity index (χ1n) is 10.1. The quantitative estimate of drug-likeness (QED) is 0.569. The number of carbonyl (C=O) groups excluding carboxylic acids is 3. The van der Waals surface area contributed by atoms with E-state index in [1.165, 1.54) is 0 Å². The molecule has 4 nitrogen and oxygen atoms in total. The van der Waals surface area contributed by atoms with E-state index in [9.17, 15) is 14.4 Å². The lowest BCUT2D eigenvalue weighted by Gasteiger charge is -2.32. The van der Waals surface area contributed by atoms with Crippen LogP contribution in [0.5, 0.6) is 0 Å². The number of Topliss-reactive ketones (excluding diaryl/α,β-unsaturated/α-hetero) is 3. The second-order valence-corrected chi connectivity index (χ2v) is 8.01. The molecule has 4 heteroatoms. The molecular formula is C27H16O4. The highest BCUT2D eigenvalue weighted by Gasteiger charge is 2.48. The molecule has 31 heavy (non-hydrogen) atoms. The fourth-order valence-corrected chi connectivity index (χ4v) is 4.72. The van der Waals surface area contributed by atoms with E-state index in [-0.39, 0.29) is 28.7 Å². The molecular weight excluding hydrogens is 388 g/mol. The minimum atomic E-state index is -0.663. The molecule has 0 radical (unpaired) electrons. The van der Waals surface area contributed by atoms with Crippen molar-refractivity contribution in [2.75, 3.05) is 0 Å². The molecule has 3 aliphatic rings. The Labute approximate surface area is 178 Å². The SMILES string of the molecule is Cc1ccc(C2C3=C(OC4=C2C(=O)c2ccccc24)C(=O)c2ccccc2C3=O)cc1. The van der Waals surface area contributed by atoms with Crippen LogP contribution in [-0.2, 0) is 4.74 Å². The summed E-state index contributed by atoms with van der Waals surface area (Å²) in [7, 11) is 0. The van der Waals surface area contributed by atoms with Gasteiger partial charge >= 0.3 is 0 Å². The topological polar surface area (TPSA) is 60.4 Å². The molecule has 1 atom stereocenters. The second kappa shape index (κ2) is 6.22. The zero-order valence-corrected chi connectivity index (χ0v) is 16.6. The molecule has 0 bridgehead atoms. The van der Waals surface area contributed by atoms with Crippen molar-refractivity contribution in [3.05, 3.63) is 123 Å². The monoisotopic (exact) mass is 404 g/mol. The third-order valence-electron chi connectivity index (χ3n) is 6.21. The second-order valence-electron chi connectivity index (χ2n) is 8.01. The molecule has 0 amide bonds. The zero-order chi connectivity index (χ0) is 21.3. The number of benzene rings is 3. The lowest BCUT2D eigenvalue weighted by molar-refractivity contribution is 0.0913. The summed E-state index contributed by atoms with van der Waals surface area (Å²) < 4.78 is 6.09. The van der Waals surface area contributed by atoms with Gasteiger partial charge in [-0.15, -0.1) is 0 Å². The molecule has 148 valence electrons. The minimum Gasteiger partial charge on any atom is -0.452 e. The van der Waals surface area contributed by atoms with Crippen LogP contribution in [0.3, 0.4) is 0 Å². The zero-order valence-electron chi connectivity index (χ0n) is 16.6. The van der Waals surface area contributed by atoms with E-state index in [1.807, 2.05) is 43.3 Å². The Balaban J connectivity index is 1.64. The van der Waals surface area contributed by atoms with Crippen LogP contribution >= 0.6 is 0 Å². The highest BCUT2D eigenvalue weighted by atomic mass is 16.5. The van der Waals surface area contributed by atoms with Crippen LogP contribution < -0.4 is 0 Å². The first-order valence-corrected chi connectivity index (χ1v) is 10.1. The van der Waals surface area contributed by atoms with E-state index in [0.29, 0.717) is 33.6 Å². The number of hydrogen-bond donors (Lipinski definition) is 0. The molecule has 1 unspecified atom stereocenters. The Morgan fingerprint density at radius 1 is 0.581 bits per heavy atom. The van der Waals surface area contributed by atoms with Gasteiger partial charge in [-0.25, -0.2) is 0 Å². The number of rotatable bonds is 1. The molecule has 2 aliphatic carbocycles. The van der Waals surface area contributed by atoms with Gasteiger partial charge in [0.05, 0.1) is 11.1 Å². The van der Waals surface area contributed by atoms with Gasteiger partial charge in [0, 0.05) is 28.2 Å². The van der Waals surface area contributed by atoms with E-state index >= 15 is 0 Å². The number of ether oxygens (including phenoxy) is 1. The smallest absolute Gasteiger partial charge is 0.229 e. The van der Waals surface area contributed by atoms with E-state index in [1.54, 1.807) is 36.4 Å². The lowest BCUT2D eigenvalue weighted by Crippen LogP contribution is -2.31. The van der Waals surface area contributed by atoms with Crippen molar-refractivity contribution in [3.8, 4) is 0 Å². The standard InChI is InChI=1S/C27H16O4/c1-14-10-12-15(13-11-14)20-21-24(29)18-8-4-5-9-19(18)26(21)31-27-22(20)23(28)16-6-2-3-7-17(16)25(27)30/h2-13,20H,1H3. The number of allylic oxidation sites excluding steroid dienone is 3. The Morgan fingerprint density at radius 2 is 1.06 bits per heavy atom. The van der Waals surface area contributed by atoms with Crippen molar-refractivity contribution in [3.63, 3.8) is 0 Å². The molecule has 1 heterocycles. The maximum Gasteiger partial charge on any atom is 0.229 e. The summed E-state index contributed by atoms with van der Waals surface area (Å²) in [5, 5.41) is 0. The number of fused-ring (bicyclic) bond motifs is 3. The molecule has 0 aromatic heterocycles. The van der Waals surface area contributed by atoms with Gasteiger partial charge in [-0.1, -0.05) is 78.4 Å². The fourth-order valence-electron chi connectivity index (χ4n) is 4.72. The van der Waals surface area contributed by atoms with Crippen LogP contribution in [0.1, 0.15) is 53.7 Å². The van der Waals surface area contributed by atoms with Crippen LogP contribution in [0, 0.1) is 6.92 Å². The van der Waals surface area contributed by atoms with Gasteiger partial charge in [0.15, 0.2) is 17.3 Å². The van der Waals surface area contributed by atoms with Gasteiger partial charge in [-0.05, 0) is 12.5 Å². The van der Waals surface area contributed by atoms with Crippen LogP contribution in [0.15, 0.2) is 89.7 Å². The Hall–Kier alpha value is -4.05. The number of aryl methyl sites for hydroxylation is 1. The summed E-state index contributed by atoms with van der Waals surface area (Å²) in [6, 6.07) is 21.7. The van der Waals surface area contributed by atoms with E-state index in [0.717, 1.165) is 11.1 Å². The summed E-state index contributed by atoms with van der Waals surface area (Å²) in [5.41, 5.74) is 4.38. The summed E-state index contributed by atoms with van der Waals surface area (Å²) in [5.74, 6) is -1.02. The molecule has 6 rings (SSSR count). The third-order valence-corrected chi connectivity index (χ3v) is 6.21. The largest absolute Gasteiger partial charge is 0.452 e. The summed E-state index contributed by atoms with van der Waals surface area (Å²) in [6.45, 7) is 1.98. The van der Waals surface area contributed by atoms with Crippen LogP contribution in [0.2, 0.25) is 0 Å². The molecule has 0 fully saturated rings. The van der Waals surface area contributed by atoms with Gasteiger partial charge in [0.2, 0.25) is 5.78 Å². The predicted octanol–water partition coefficient (Wildman–Crippen LogP) is 5.05. The van der Waals surface area contributed by atoms with Gasteiger partial charge < -0.3 is 4.74 Å². The van der Waals surface area contributed by atoms with E-state index in [4.69, 9.17) is 4.74 Å². The number of hydrogen-bond acceptors (Lipinski definition) is 4. The predicted molar refractivity (Wildman–Crippen MR) is 115 cm³/mol. The minimum absolute atomic E-state index is 0.0255. The van der Waals surface area contributed by atoms with Gasteiger partial charge in [-0.3, -0.25) is 14.4 Å². The number of carbonyl (C=O) groups is 3. The first kappa shape index (κ1) is 17.8. The maximum absolute atomic E-state index is 13.6. The van der Waals surface area contributed by atoms with Crippen LogP contribution in [-0.4, -0.2) is 17.3 Å². The van der Waals surface area contributed by atoms with Crippen molar-refractivity contribution in [1.82, 2.24) is 0 Å². The van der Waals surface area contributed by atoms with E-state index in [2.05, 4.69) is 0 Å². The van der Waals surface area contributed by atoms with E-state index < -0.39 is 5.92 Å². The molecule has 3 aromatic carbocycles. The molecule has 0 saturated heterocycles. The summed E-state index contributed by atoms with van der Waals surface area (Å²) in [4.78, 5) is 40.4. The summed E-state index contributed by atoms with van der Waals surface area (Å²) in [6.07, 6.45) is 0. The fraction of sp³-hybridized carbons (Fsp3) is 0.0741. The maximum atomic E-state index is 13.6. The number of ketones is 3. The normalized spacial score (nSPS) is 19.0. The Morgan fingerprint density at radius 3 is 1.68 bits per heavy atom.